The number of nitrogens with one attached hydrogen (secondary N) is 1. The van der Waals surface area contributed by atoms with Gasteiger partial charge in [0.15, 0.2) is 0 Å². The first-order valence-corrected chi connectivity index (χ1v) is 8.23. The van der Waals surface area contributed by atoms with Crippen LogP contribution in [0.3, 0.4) is 0 Å². The topological polar surface area (TPSA) is 12.0 Å². The maximum atomic E-state index is 3.52. The molecule has 1 saturated carbocycles. The van der Waals surface area contributed by atoms with Crippen LogP contribution in [-0.2, 0) is 6.54 Å². The lowest BCUT2D eigenvalue weighted by Gasteiger charge is -2.22. The molecule has 0 saturated heterocycles. The Labute approximate surface area is 116 Å². The van der Waals surface area contributed by atoms with Gasteiger partial charge in [0, 0.05) is 16.7 Å². The highest BCUT2D eigenvalue weighted by molar-refractivity contribution is 8.00. The Morgan fingerprint density at radius 1 is 1.17 bits per heavy atom. The first-order valence-electron chi connectivity index (χ1n) is 7.35. The highest BCUT2D eigenvalue weighted by Crippen LogP contribution is 2.35. The molecule has 0 atom stereocenters. The summed E-state index contributed by atoms with van der Waals surface area (Å²) in [5.41, 5.74) is 1.47. The van der Waals surface area contributed by atoms with Gasteiger partial charge in [0.25, 0.3) is 0 Å². The fourth-order valence-corrected chi connectivity index (χ4v) is 3.90. The van der Waals surface area contributed by atoms with E-state index in [2.05, 4.69) is 48.3 Å². The second kappa shape index (κ2) is 7.85. The Bertz CT molecular complexity index is 345. The van der Waals surface area contributed by atoms with Crippen molar-refractivity contribution < 1.29 is 0 Å². The van der Waals surface area contributed by atoms with Crippen LogP contribution in [0.2, 0.25) is 0 Å². The Hall–Kier alpha value is -0.470. The SMILES string of the molecule is CCCNCc1ccccc1SC1CCCCC1. The lowest BCUT2D eigenvalue weighted by Crippen LogP contribution is -2.15. The third-order valence-electron chi connectivity index (χ3n) is 3.56. The molecule has 1 nitrogen and oxygen atoms in total. The molecule has 1 aliphatic carbocycles. The van der Waals surface area contributed by atoms with E-state index in [4.69, 9.17) is 0 Å². The molecule has 0 radical (unpaired) electrons. The molecular weight excluding hydrogens is 238 g/mol. The number of rotatable bonds is 6. The first-order chi connectivity index (χ1) is 8.90. The first kappa shape index (κ1) is 14.0. The van der Waals surface area contributed by atoms with E-state index in [-0.39, 0.29) is 0 Å². The molecule has 0 spiro atoms. The lowest BCUT2D eigenvalue weighted by molar-refractivity contribution is 0.516. The van der Waals surface area contributed by atoms with Crippen molar-refractivity contribution in [2.24, 2.45) is 0 Å². The zero-order valence-corrected chi connectivity index (χ0v) is 12.3. The molecular formula is C16H25NS. The van der Waals surface area contributed by atoms with Crippen molar-refractivity contribution in [3.63, 3.8) is 0 Å². The number of hydrogen-bond acceptors (Lipinski definition) is 2. The average molecular weight is 263 g/mol. The minimum atomic E-state index is 0.853. The summed E-state index contributed by atoms with van der Waals surface area (Å²) in [7, 11) is 0. The smallest absolute Gasteiger partial charge is 0.0216 e. The highest BCUT2D eigenvalue weighted by Gasteiger charge is 2.15. The van der Waals surface area contributed by atoms with Crippen molar-refractivity contribution in [2.75, 3.05) is 6.54 Å². The molecule has 2 heteroatoms. The quantitative estimate of drug-likeness (QED) is 0.752. The number of thioether (sulfide) groups is 1. The second-order valence-corrected chi connectivity index (χ2v) is 6.50. The van der Waals surface area contributed by atoms with Crippen molar-refractivity contribution in [3.05, 3.63) is 29.8 Å². The summed E-state index contributed by atoms with van der Waals surface area (Å²) in [5, 5.41) is 4.37. The third-order valence-corrected chi connectivity index (χ3v) is 5.02. The van der Waals surface area contributed by atoms with Gasteiger partial charge < -0.3 is 5.32 Å². The van der Waals surface area contributed by atoms with E-state index in [1.165, 1.54) is 49.0 Å². The maximum absolute atomic E-state index is 3.52. The van der Waals surface area contributed by atoms with Crippen molar-refractivity contribution in [1.29, 1.82) is 0 Å². The predicted molar refractivity (Wildman–Crippen MR) is 81.2 cm³/mol. The van der Waals surface area contributed by atoms with Gasteiger partial charge in [-0.2, -0.15) is 0 Å². The summed E-state index contributed by atoms with van der Waals surface area (Å²) in [6, 6.07) is 8.90. The molecule has 100 valence electrons. The Morgan fingerprint density at radius 2 is 1.94 bits per heavy atom. The average Bonchev–Trinajstić information content (AvgIpc) is 2.42. The monoisotopic (exact) mass is 263 g/mol. The zero-order valence-electron chi connectivity index (χ0n) is 11.5. The van der Waals surface area contributed by atoms with Gasteiger partial charge in [-0.25, -0.2) is 0 Å². The molecule has 0 amide bonds. The van der Waals surface area contributed by atoms with Crippen LogP contribution in [0.25, 0.3) is 0 Å². The van der Waals surface area contributed by atoms with E-state index in [9.17, 15) is 0 Å². The molecule has 1 aromatic carbocycles. The van der Waals surface area contributed by atoms with Gasteiger partial charge in [0.05, 0.1) is 0 Å². The zero-order chi connectivity index (χ0) is 12.6. The van der Waals surface area contributed by atoms with Crippen molar-refractivity contribution in [2.45, 2.75) is 62.1 Å². The van der Waals surface area contributed by atoms with Gasteiger partial charge in [-0.05, 0) is 37.4 Å². The third kappa shape index (κ3) is 4.33. The predicted octanol–water partition coefficient (Wildman–Crippen LogP) is 4.61. The van der Waals surface area contributed by atoms with Gasteiger partial charge in [0.1, 0.15) is 0 Å². The molecule has 1 N–H and O–H groups in total. The van der Waals surface area contributed by atoms with Crippen molar-refractivity contribution in [1.82, 2.24) is 5.32 Å². The fraction of sp³-hybridized carbons (Fsp3) is 0.625. The van der Waals surface area contributed by atoms with Gasteiger partial charge >= 0.3 is 0 Å². The van der Waals surface area contributed by atoms with Gasteiger partial charge in [-0.1, -0.05) is 44.4 Å². The molecule has 18 heavy (non-hydrogen) atoms. The van der Waals surface area contributed by atoms with Crippen LogP contribution in [0.1, 0.15) is 51.0 Å². The summed E-state index contributed by atoms with van der Waals surface area (Å²) < 4.78 is 0. The maximum Gasteiger partial charge on any atom is 0.0216 e. The highest BCUT2D eigenvalue weighted by atomic mass is 32.2. The molecule has 0 aromatic heterocycles. The van der Waals surface area contributed by atoms with Crippen LogP contribution in [-0.4, -0.2) is 11.8 Å². The molecule has 1 aliphatic rings. The van der Waals surface area contributed by atoms with Crippen LogP contribution in [0.4, 0.5) is 0 Å². The van der Waals surface area contributed by atoms with E-state index in [1.807, 2.05) is 0 Å². The molecule has 1 fully saturated rings. The summed E-state index contributed by atoms with van der Waals surface area (Å²) in [4.78, 5) is 1.49. The fourth-order valence-electron chi connectivity index (χ4n) is 2.53. The molecule has 1 aromatic rings. The minimum Gasteiger partial charge on any atom is -0.313 e. The largest absolute Gasteiger partial charge is 0.313 e. The summed E-state index contributed by atoms with van der Waals surface area (Å²) >= 11 is 2.11. The summed E-state index contributed by atoms with van der Waals surface area (Å²) in [6.45, 7) is 4.35. The summed E-state index contributed by atoms with van der Waals surface area (Å²) in [5.74, 6) is 0. The summed E-state index contributed by atoms with van der Waals surface area (Å²) in [6.07, 6.45) is 8.30. The van der Waals surface area contributed by atoms with E-state index in [0.29, 0.717) is 0 Å². The normalized spacial score (nSPS) is 16.9. The number of benzene rings is 1. The Morgan fingerprint density at radius 3 is 2.72 bits per heavy atom. The molecule has 2 rings (SSSR count). The van der Waals surface area contributed by atoms with Crippen LogP contribution >= 0.6 is 11.8 Å². The lowest BCUT2D eigenvalue weighted by atomic mass is 10.0. The van der Waals surface area contributed by atoms with E-state index in [1.54, 1.807) is 0 Å². The van der Waals surface area contributed by atoms with Crippen molar-refractivity contribution >= 4 is 11.8 Å². The van der Waals surface area contributed by atoms with Crippen molar-refractivity contribution in [3.8, 4) is 0 Å². The number of hydrogen-bond donors (Lipinski definition) is 1. The second-order valence-electron chi connectivity index (χ2n) is 5.16. The van der Waals surface area contributed by atoms with E-state index < -0.39 is 0 Å². The van der Waals surface area contributed by atoms with Crippen LogP contribution in [0.5, 0.6) is 0 Å². The molecule has 0 heterocycles. The van der Waals surface area contributed by atoms with Gasteiger partial charge in [-0.15, -0.1) is 11.8 Å². The molecule has 0 bridgehead atoms. The molecule has 0 aliphatic heterocycles. The van der Waals surface area contributed by atoms with Gasteiger partial charge in [0.2, 0.25) is 0 Å². The Balaban J connectivity index is 1.93. The Kier molecular flexibility index (Phi) is 6.09. The van der Waals surface area contributed by atoms with Crippen LogP contribution < -0.4 is 5.32 Å². The molecule has 0 unspecified atom stereocenters. The van der Waals surface area contributed by atoms with E-state index >= 15 is 0 Å². The van der Waals surface area contributed by atoms with Crippen LogP contribution in [0.15, 0.2) is 29.2 Å². The standard InChI is InChI=1S/C16H25NS/c1-2-12-17-13-14-8-6-7-11-16(14)18-15-9-4-3-5-10-15/h6-8,11,15,17H,2-5,9-10,12-13H2,1H3. The van der Waals surface area contributed by atoms with E-state index in [0.717, 1.165) is 18.3 Å². The minimum absolute atomic E-state index is 0.853. The van der Waals surface area contributed by atoms with Crippen LogP contribution in [0, 0.1) is 0 Å². The van der Waals surface area contributed by atoms with Gasteiger partial charge in [-0.3, -0.25) is 0 Å².